The van der Waals surface area contributed by atoms with Gasteiger partial charge in [0, 0.05) is 36.2 Å². The molecule has 1 aliphatic heterocycles. The predicted octanol–water partition coefficient (Wildman–Crippen LogP) is 2.66. The number of nitrogens with one attached hydrogen (secondary N) is 2. The molecule has 1 aromatic rings. The molecule has 2 unspecified atom stereocenters. The Labute approximate surface area is 162 Å². The first-order valence-electron chi connectivity index (χ1n) is 10.0. The first-order chi connectivity index (χ1) is 13.0. The second kappa shape index (κ2) is 7.23. The van der Waals surface area contributed by atoms with Gasteiger partial charge in [-0.2, -0.15) is 0 Å². The number of fused-ring (bicyclic) bond motifs is 1. The van der Waals surface area contributed by atoms with E-state index in [1.807, 2.05) is 12.4 Å². The van der Waals surface area contributed by atoms with E-state index in [-0.39, 0.29) is 11.8 Å². The van der Waals surface area contributed by atoms with Crippen molar-refractivity contribution in [1.82, 2.24) is 20.5 Å². The highest BCUT2D eigenvalue weighted by Crippen LogP contribution is 2.32. The summed E-state index contributed by atoms with van der Waals surface area (Å²) in [5.74, 6) is -0.264. The second-order valence-electron chi connectivity index (χ2n) is 8.32. The van der Waals surface area contributed by atoms with Gasteiger partial charge in [0.25, 0.3) is 0 Å². The molecular weight excluding hydrogens is 334 g/mol. The summed E-state index contributed by atoms with van der Waals surface area (Å²) in [6.45, 7) is 4.36. The van der Waals surface area contributed by atoms with Gasteiger partial charge in [-0.25, -0.2) is 0 Å². The van der Waals surface area contributed by atoms with Crippen LogP contribution in [0.15, 0.2) is 48.5 Å². The molecule has 2 heterocycles. The van der Waals surface area contributed by atoms with Crippen LogP contribution in [-0.2, 0) is 0 Å². The van der Waals surface area contributed by atoms with E-state index in [4.69, 9.17) is 5.73 Å². The van der Waals surface area contributed by atoms with Crippen molar-refractivity contribution in [3.05, 3.63) is 59.6 Å². The molecule has 1 aromatic heterocycles. The van der Waals surface area contributed by atoms with E-state index in [0.717, 1.165) is 25.7 Å². The average molecular weight is 366 g/mol. The zero-order valence-corrected chi connectivity index (χ0v) is 16.6. The third-order valence-corrected chi connectivity index (χ3v) is 6.37. The van der Waals surface area contributed by atoms with E-state index in [0.29, 0.717) is 12.1 Å². The Morgan fingerprint density at radius 1 is 1.30 bits per heavy atom. The summed E-state index contributed by atoms with van der Waals surface area (Å²) in [6.07, 6.45) is 17.3. The maximum absolute atomic E-state index is 6.07. The number of allylic oxidation sites excluding steroid dienone is 2. The zero-order chi connectivity index (χ0) is 19.0. The number of hydrogen-bond acceptors (Lipinski definition) is 5. The van der Waals surface area contributed by atoms with E-state index >= 15 is 0 Å². The lowest BCUT2D eigenvalue weighted by Gasteiger charge is -2.50. The lowest BCUT2D eigenvalue weighted by atomic mass is 9.89. The first-order valence-corrected chi connectivity index (χ1v) is 10.0. The van der Waals surface area contributed by atoms with Gasteiger partial charge in [-0.1, -0.05) is 12.2 Å². The highest BCUT2D eigenvalue weighted by Gasteiger charge is 2.39. The number of rotatable bonds is 3. The van der Waals surface area contributed by atoms with Crippen LogP contribution in [0, 0.1) is 6.92 Å². The van der Waals surface area contributed by atoms with Crippen molar-refractivity contribution < 1.29 is 0 Å². The van der Waals surface area contributed by atoms with Gasteiger partial charge in [0.05, 0.1) is 6.04 Å². The molecule has 4 rings (SSSR count). The minimum Gasteiger partial charge on any atom is -0.361 e. The maximum atomic E-state index is 6.07. The molecule has 5 heteroatoms. The Balaban J connectivity index is 1.53. The van der Waals surface area contributed by atoms with Crippen LogP contribution in [-0.4, -0.2) is 40.8 Å². The SMILES string of the molecule is Cc1ccncc1C1=CC2=CNC(C)(NC3CCC(N)CC3)N(C)C2C=C1. The summed E-state index contributed by atoms with van der Waals surface area (Å²) in [6, 6.07) is 3.21. The van der Waals surface area contributed by atoms with Crippen LogP contribution < -0.4 is 16.4 Å². The summed E-state index contributed by atoms with van der Waals surface area (Å²) >= 11 is 0. The molecule has 0 spiro atoms. The van der Waals surface area contributed by atoms with Crippen molar-refractivity contribution in [2.24, 2.45) is 5.73 Å². The summed E-state index contributed by atoms with van der Waals surface area (Å²) in [4.78, 5) is 6.68. The van der Waals surface area contributed by atoms with Gasteiger partial charge in [0.1, 0.15) is 5.79 Å². The van der Waals surface area contributed by atoms with Gasteiger partial charge in [0.15, 0.2) is 0 Å². The van der Waals surface area contributed by atoms with Gasteiger partial charge in [-0.3, -0.25) is 15.2 Å². The number of pyridine rings is 1. The molecule has 4 N–H and O–H groups in total. The highest BCUT2D eigenvalue weighted by molar-refractivity contribution is 5.79. The third kappa shape index (κ3) is 3.59. The van der Waals surface area contributed by atoms with Crippen molar-refractivity contribution in [2.45, 2.75) is 63.4 Å². The molecule has 2 aliphatic carbocycles. The molecule has 1 saturated carbocycles. The highest BCUT2D eigenvalue weighted by atomic mass is 15.4. The lowest BCUT2D eigenvalue weighted by Crippen LogP contribution is -2.70. The van der Waals surface area contributed by atoms with E-state index in [1.54, 1.807) is 0 Å². The normalized spacial score (nSPS) is 33.7. The third-order valence-electron chi connectivity index (χ3n) is 6.37. The fraction of sp³-hybridized carbons (Fsp3) is 0.500. The van der Waals surface area contributed by atoms with Crippen LogP contribution in [0.4, 0.5) is 0 Å². The Morgan fingerprint density at radius 2 is 2.07 bits per heavy atom. The summed E-state index contributed by atoms with van der Waals surface area (Å²) in [7, 11) is 2.19. The van der Waals surface area contributed by atoms with Gasteiger partial charge in [-0.05, 0) is 75.4 Å². The van der Waals surface area contributed by atoms with Gasteiger partial charge in [0.2, 0.25) is 0 Å². The predicted molar refractivity (Wildman–Crippen MR) is 111 cm³/mol. The Morgan fingerprint density at radius 3 is 2.81 bits per heavy atom. The maximum Gasteiger partial charge on any atom is 0.143 e. The van der Waals surface area contributed by atoms with Crippen molar-refractivity contribution in [3.8, 4) is 0 Å². The minimum atomic E-state index is -0.264. The second-order valence-corrected chi connectivity index (χ2v) is 8.32. The van der Waals surface area contributed by atoms with Gasteiger partial charge < -0.3 is 11.1 Å². The van der Waals surface area contributed by atoms with Crippen LogP contribution in [0.1, 0.15) is 43.7 Å². The van der Waals surface area contributed by atoms with E-state index in [1.165, 1.54) is 22.3 Å². The van der Waals surface area contributed by atoms with Crippen LogP contribution in [0.5, 0.6) is 0 Å². The van der Waals surface area contributed by atoms with Gasteiger partial charge in [-0.15, -0.1) is 0 Å². The van der Waals surface area contributed by atoms with Crippen LogP contribution >= 0.6 is 0 Å². The average Bonchev–Trinajstić information content (AvgIpc) is 2.67. The fourth-order valence-corrected chi connectivity index (χ4v) is 4.44. The Kier molecular flexibility index (Phi) is 4.93. The van der Waals surface area contributed by atoms with Crippen LogP contribution in [0.3, 0.4) is 0 Å². The number of likely N-dealkylation sites (N-methyl/N-ethyl adjacent to an activating group) is 1. The lowest BCUT2D eigenvalue weighted by molar-refractivity contribution is 0.0355. The molecule has 0 saturated heterocycles. The molecule has 0 aromatic carbocycles. The monoisotopic (exact) mass is 365 g/mol. The molecule has 0 bridgehead atoms. The number of hydrogen-bond donors (Lipinski definition) is 3. The molecule has 5 nitrogen and oxygen atoms in total. The molecule has 3 aliphatic rings. The van der Waals surface area contributed by atoms with Gasteiger partial charge >= 0.3 is 0 Å². The minimum absolute atomic E-state index is 0.260. The van der Waals surface area contributed by atoms with E-state index in [2.05, 4.69) is 71.9 Å². The summed E-state index contributed by atoms with van der Waals surface area (Å²) in [5, 5.41) is 7.46. The van der Waals surface area contributed by atoms with Crippen molar-refractivity contribution in [2.75, 3.05) is 7.05 Å². The molecular formula is C22H31N5. The zero-order valence-electron chi connectivity index (χ0n) is 16.6. The van der Waals surface area contributed by atoms with Crippen molar-refractivity contribution in [3.63, 3.8) is 0 Å². The number of nitrogens with zero attached hydrogens (tertiary/aromatic N) is 2. The fourth-order valence-electron chi connectivity index (χ4n) is 4.44. The number of nitrogens with two attached hydrogens (primary N) is 1. The number of aromatic nitrogens is 1. The summed E-state index contributed by atoms with van der Waals surface area (Å²) < 4.78 is 0. The van der Waals surface area contributed by atoms with E-state index in [9.17, 15) is 0 Å². The van der Waals surface area contributed by atoms with Crippen LogP contribution in [0.2, 0.25) is 0 Å². The van der Waals surface area contributed by atoms with Crippen molar-refractivity contribution >= 4 is 5.57 Å². The smallest absolute Gasteiger partial charge is 0.143 e. The summed E-state index contributed by atoms with van der Waals surface area (Å²) in [5.41, 5.74) is 11.0. The quantitative estimate of drug-likeness (QED) is 0.768. The number of aryl methyl sites for hydroxylation is 1. The largest absolute Gasteiger partial charge is 0.361 e. The standard InChI is InChI=1S/C22H31N5/c1-15-10-11-24-14-20(15)16-4-9-21-17(12-16)13-25-22(2,27(21)3)26-19-7-5-18(23)6-8-19/h4,9-14,18-19,21,25-26H,5-8,23H2,1-3H3. The van der Waals surface area contributed by atoms with E-state index < -0.39 is 0 Å². The molecule has 2 atom stereocenters. The molecule has 144 valence electrons. The molecule has 27 heavy (non-hydrogen) atoms. The van der Waals surface area contributed by atoms with Crippen molar-refractivity contribution in [1.29, 1.82) is 0 Å². The van der Waals surface area contributed by atoms with Crippen LogP contribution in [0.25, 0.3) is 5.57 Å². The molecule has 1 fully saturated rings. The first kappa shape index (κ1) is 18.4. The molecule has 0 radical (unpaired) electrons. The Hall–Kier alpha value is -1.95. The topological polar surface area (TPSA) is 66.2 Å². The molecule has 0 amide bonds. The Bertz CT molecular complexity index is 788.